The number of aromatic hydroxyl groups is 1. The topological polar surface area (TPSA) is 49.8 Å². The number of carbonyl (C=O) groups is 1. The molecule has 0 heterocycles. The van der Waals surface area contributed by atoms with Gasteiger partial charge in [0.1, 0.15) is 11.9 Å². The molecule has 4 heteroatoms. The van der Waals surface area contributed by atoms with Gasteiger partial charge in [0.2, 0.25) is 0 Å². The molecule has 0 bridgehead atoms. The molecule has 1 aromatic carbocycles. The summed E-state index contributed by atoms with van der Waals surface area (Å²) in [6.45, 7) is 9.44. The van der Waals surface area contributed by atoms with Gasteiger partial charge in [-0.15, -0.1) is 0 Å². The second kappa shape index (κ2) is 17.2. The van der Waals surface area contributed by atoms with Crippen molar-refractivity contribution in [2.75, 3.05) is 19.6 Å². The van der Waals surface area contributed by atoms with Gasteiger partial charge in [0.15, 0.2) is 0 Å². The Morgan fingerprint density at radius 1 is 0.833 bits per heavy atom. The minimum absolute atomic E-state index is 0.147. The number of hydrogen-bond donors (Lipinski definition) is 1. The molecule has 0 aliphatic rings. The predicted octanol–water partition coefficient (Wildman–Crippen LogP) is 6.96. The molecular formula is C26H45NO3. The van der Waals surface area contributed by atoms with Crippen molar-refractivity contribution in [1.82, 2.24) is 4.90 Å². The maximum absolute atomic E-state index is 12.3. The minimum Gasteiger partial charge on any atom is -0.508 e. The standard InChI is InChI=1S/C26H45NO3/c1-4-6-8-10-12-14-20-27(21-15-13-11-9-7-5-2)22-23(3)30-26(29)24-16-18-25(28)19-17-24/h16-19,23,28H,4-15,20-22H2,1-3H3. The summed E-state index contributed by atoms with van der Waals surface area (Å²) >= 11 is 0. The maximum atomic E-state index is 12.3. The number of carbonyl (C=O) groups excluding carboxylic acids is 1. The Morgan fingerprint density at radius 3 is 1.80 bits per heavy atom. The second-order valence-corrected chi connectivity index (χ2v) is 8.60. The number of phenolic OH excluding ortho intramolecular Hbond substituents is 1. The van der Waals surface area contributed by atoms with Crippen molar-refractivity contribution in [3.05, 3.63) is 29.8 Å². The zero-order valence-corrected chi connectivity index (χ0v) is 19.7. The molecule has 4 nitrogen and oxygen atoms in total. The van der Waals surface area contributed by atoms with E-state index in [-0.39, 0.29) is 17.8 Å². The Balaban J connectivity index is 2.42. The van der Waals surface area contributed by atoms with Crippen LogP contribution in [-0.2, 0) is 4.74 Å². The van der Waals surface area contributed by atoms with Gasteiger partial charge in [-0.2, -0.15) is 0 Å². The largest absolute Gasteiger partial charge is 0.508 e. The van der Waals surface area contributed by atoms with Gasteiger partial charge in [0.05, 0.1) is 5.56 Å². The van der Waals surface area contributed by atoms with Crippen LogP contribution in [0.4, 0.5) is 0 Å². The zero-order valence-electron chi connectivity index (χ0n) is 19.7. The third-order valence-corrected chi connectivity index (χ3v) is 5.58. The number of rotatable bonds is 18. The summed E-state index contributed by atoms with van der Waals surface area (Å²) in [5.41, 5.74) is 0.484. The molecule has 0 spiro atoms. The molecule has 0 aliphatic carbocycles. The van der Waals surface area contributed by atoms with E-state index in [9.17, 15) is 9.90 Å². The number of ether oxygens (including phenoxy) is 1. The van der Waals surface area contributed by atoms with Crippen molar-refractivity contribution < 1.29 is 14.6 Å². The van der Waals surface area contributed by atoms with Gasteiger partial charge in [-0.3, -0.25) is 4.90 Å². The normalized spacial score (nSPS) is 12.3. The minimum atomic E-state index is -0.318. The van der Waals surface area contributed by atoms with E-state index < -0.39 is 0 Å². The third kappa shape index (κ3) is 12.9. The predicted molar refractivity (Wildman–Crippen MR) is 126 cm³/mol. The van der Waals surface area contributed by atoms with E-state index in [0.717, 1.165) is 19.6 Å². The smallest absolute Gasteiger partial charge is 0.338 e. The number of phenols is 1. The Kier molecular flexibility index (Phi) is 15.2. The monoisotopic (exact) mass is 419 g/mol. The van der Waals surface area contributed by atoms with Crippen molar-refractivity contribution in [2.45, 2.75) is 104 Å². The van der Waals surface area contributed by atoms with E-state index in [4.69, 9.17) is 4.74 Å². The van der Waals surface area contributed by atoms with E-state index in [2.05, 4.69) is 18.7 Å². The summed E-state index contributed by atoms with van der Waals surface area (Å²) in [6.07, 6.45) is 15.4. The zero-order chi connectivity index (χ0) is 22.0. The van der Waals surface area contributed by atoms with Crippen molar-refractivity contribution in [1.29, 1.82) is 0 Å². The van der Waals surface area contributed by atoms with Crippen LogP contribution in [0, 0.1) is 0 Å². The second-order valence-electron chi connectivity index (χ2n) is 8.60. The SMILES string of the molecule is CCCCCCCCN(CCCCCCCC)CC(C)OC(=O)c1ccc(O)cc1. The Labute approximate surface area is 185 Å². The highest BCUT2D eigenvalue weighted by Gasteiger charge is 2.15. The van der Waals surface area contributed by atoms with Crippen LogP contribution in [0.5, 0.6) is 5.75 Å². The van der Waals surface area contributed by atoms with Gasteiger partial charge in [0.25, 0.3) is 0 Å². The van der Waals surface area contributed by atoms with Gasteiger partial charge in [-0.25, -0.2) is 4.79 Å². The molecule has 172 valence electrons. The Hall–Kier alpha value is -1.55. The number of unbranched alkanes of at least 4 members (excludes halogenated alkanes) is 10. The Morgan fingerprint density at radius 2 is 1.30 bits per heavy atom. The summed E-state index contributed by atoms with van der Waals surface area (Å²) < 4.78 is 5.66. The molecule has 0 aliphatic heterocycles. The van der Waals surface area contributed by atoms with Crippen LogP contribution in [0.1, 0.15) is 108 Å². The van der Waals surface area contributed by atoms with E-state index in [0.29, 0.717) is 5.56 Å². The van der Waals surface area contributed by atoms with Gasteiger partial charge in [0, 0.05) is 6.54 Å². The molecule has 1 rings (SSSR count). The van der Waals surface area contributed by atoms with E-state index >= 15 is 0 Å². The van der Waals surface area contributed by atoms with Gasteiger partial charge < -0.3 is 9.84 Å². The van der Waals surface area contributed by atoms with E-state index in [1.165, 1.54) is 89.2 Å². The molecule has 1 atom stereocenters. The molecule has 0 fully saturated rings. The molecule has 0 saturated carbocycles. The average Bonchev–Trinajstić information content (AvgIpc) is 2.73. The molecule has 30 heavy (non-hydrogen) atoms. The number of benzene rings is 1. The van der Waals surface area contributed by atoms with Crippen LogP contribution in [0.3, 0.4) is 0 Å². The molecule has 0 saturated heterocycles. The van der Waals surface area contributed by atoms with Crippen LogP contribution in [0.15, 0.2) is 24.3 Å². The highest BCUT2D eigenvalue weighted by Crippen LogP contribution is 2.13. The number of hydrogen-bond acceptors (Lipinski definition) is 4. The Bertz CT molecular complexity index is 528. The quantitative estimate of drug-likeness (QED) is 0.206. The third-order valence-electron chi connectivity index (χ3n) is 5.58. The molecule has 0 aromatic heterocycles. The lowest BCUT2D eigenvalue weighted by Gasteiger charge is -2.26. The van der Waals surface area contributed by atoms with Crippen LogP contribution in [0.25, 0.3) is 0 Å². The first-order valence-corrected chi connectivity index (χ1v) is 12.3. The maximum Gasteiger partial charge on any atom is 0.338 e. The molecule has 1 N–H and O–H groups in total. The van der Waals surface area contributed by atoms with Crippen molar-refractivity contribution in [3.63, 3.8) is 0 Å². The molecular weight excluding hydrogens is 374 g/mol. The fourth-order valence-electron chi connectivity index (χ4n) is 3.78. The number of esters is 1. The summed E-state index contributed by atoms with van der Waals surface area (Å²) in [5.74, 6) is -0.162. The highest BCUT2D eigenvalue weighted by molar-refractivity contribution is 5.89. The average molecular weight is 420 g/mol. The lowest BCUT2D eigenvalue weighted by Crippen LogP contribution is -2.35. The molecule has 1 aromatic rings. The first kappa shape index (κ1) is 26.5. The van der Waals surface area contributed by atoms with Crippen LogP contribution in [0.2, 0.25) is 0 Å². The van der Waals surface area contributed by atoms with Gasteiger partial charge in [-0.1, -0.05) is 78.1 Å². The van der Waals surface area contributed by atoms with Gasteiger partial charge >= 0.3 is 5.97 Å². The first-order chi connectivity index (χ1) is 14.6. The lowest BCUT2D eigenvalue weighted by molar-refractivity contribution is 0.0249. The van der Waals surface area contributed by atoms with E-state index in [1.54, 1.807) is 12.1 Å². The summed E-state index contributed by atoms with van der Waals surface area (Å²) in [4.78, 5) is 14.8. The molecule has 0 amide bonds. The van der Waals surface area contributed by atoms with E-state index in [1.807, 2.05) is 6.92 Å². The first-order valence-electron chi connectivity index (χ1n) is 12.3. The van der Waals surface area contributed by atoms with Crippen LogP contribution in [-0.4, -0.2) is 41.7 Å². The number of nitrogens with zero attached hydrogens (tertiary/aromatic N) is 1. The van der Waals surface area contributed by atoms with Crippen molar-refractivity contribution in [3.8, 4) is 5.75 Å². The summed E-state index contributed by atoms with van der Waals surface area (Å²) in [6, 6.07) is 6.25. The van der Waals surface area contributed by atoms with Gasteiger partial charge in [-0.05, 0) is 57.1 Å². The lowest BCUT2D eigenvalue weighted by atomic mass is 10.1. The van der Waals surface area contributed by atoms with Crippen molar-refractivity contribution in [2.24, 2.45) is 0 Å². The fourth-order valence-corrected chi connectivity index (χ4v) is 3.78. The highest BCUT2D eigenvalue weighted by atomic mass is 16.5. The fraction of sp³-hybridized carbons (Fsp3) is 0.731. The summed E-state index contributed by atoms with van der Waals surface area (Å²) in [5, 5.41) is 9.38. The summed E-state index contributed by atoms with van der Waals surface area (Å²) in [7, 11) is 0. The molecule has 1 unspecified atom stereocenters. The van der Waals surface area contributed by atoms with Crippen LogP contribution < -0.4 is 0 Å². The molecule has 0 radical (unpaired) electrons. The van der Waals surface area contributed by atoms with Crippen LogP contribution >= 0.6 is 0 Å². The van der Waals surface area contributed by atoms with Crippen molar-refractivity contribution >= 4 is 5.97 Å².